The number of nitrogens with zero attached hydrogens (tertiary/aromatic N) is 2. The molecule has 2 aliphatic rings. The minimum Gasteiger partial charge on any atom is -0.481 e. The number of carboxylic acid groups (broad SMARTS) is 2. The highest BCUT2D eigenvalue weighted by Gasteiger charge is 2.43. The number of carboxylic acids is 2. The Morgan fingerprint density at radius 3 is 1.53 bits per heavy atom. The smallest absolute Gasteiger partial charge is 0.335 e. The molecule has 4 aromatic carbocycles. The number of carbonyl (C=O) groups excluding carboxylic acids is 16. The van der Waals surface area contributed by atoms with Gasteiger partial charge in [-0.3, -0.25) is 81.5 Å². The molecule has 1 aliphatic carbocycles. The van der Waals surface area contributed by atoms with Crippen LogP contribution in [0.25, 0.3) is 22.0 Å². The molecule has 1 saturated carbocycles. The third-order valence-corrected chi connectivity index (χ3v) is 25.7. The molecule has 1 aromatic heterocycles. The van der Waals surface area contributed by atoms with Crippen molar-refractivity contribution in [3.05, 3.63) is 132 Å². The lowest BCUT2D eigenvalue weighted by Crippen LogP contribution is -2.63. The number of hydrogen-bond donors (Lipinski definition) is 21. The third-order valence-electron chi connectivity index (χ3n) is 24.7. The van der Waals surface area contributed by atoms with Gasteiger partial charge in [-0.05, 0) is 136 Å². The SMILES string of the molecule is CCCC[C@H]1C(=O)N[C@@H](Cc2ccc(C(=O)O)cc2)C(=O)N[C@@H](CC(=O)O)C(=O)N[C@@H](Cc2c[nH]c3ccccc23)C(=O)N[C@@H](C(C)C)C(=O)N[C@@H](Cc2ccc(-c3ccccc3)cc2)C(=O)N[C@@H](C(C)O)C(=O)N(C)[C@@H](C)C(=O)N[C@H](CC(C)C)C(=O)N[C@@H](CCN)C(=O)N[C@@H](CC2CCCCC2)C(=O)N[C@@H](C(C)C)C(=O)N[C@@H](C(C)O)C(=O)N[C@H](C(=O)N[C@@H](CCN)C(N)=O)CSCC(=O)N1C. The first-order valence-electron chi connectivity index (χ1n) is 47.2. The number of nitrogens with one attached hydrogen (secondary N) is 14. The molecule has 5 aromatic rings. The molecule has 7 rings (SSSR count). The number of nitrogens with two attached hydrogens (primary N) is 3. The van der Waals surface area contributed by atoms with Crippen molar-refractivity contribution < 1.29 is 107 Å². The molecule has 139 heavy (non-hydrogen) atoms. The number of aromatic carboxylic acids is 1. The second kappa shape index (κ2) is 55.0. The summed E-state index contributed by atoms with van der Waals surface area (Å²) in [5.41, 5.74) is 20.7. The van der Waals surface area contributed by atoms with Crippen LogP contribution in [-0.4, -0.2) is 283 Å². The van der Waals surface area contributed by atoms with E-state index in [1.807, 2.05) is 30.3 Å². The summed E-state index contributed by atoms with van der Waals surface area (Å²) < 4.78 is 0. The first kappa shape index (κ1) is 113. The zero-order chi connectivity index (χ0) is 103. The van der Waals surface area contributed by atoms with Gasteiger partial charge in [0.2, 0.25) is 94.5 Å². The van der Waals surface area contributed by atoms with E-state index in [4.69, 9.17) is 17.2 Å². The molecule has 42 heteroatoms. The Bertz CT molecular complexity index is 5070. The summed E-state index contributed by atoms with van der Waals surface area (Å²) in [6, 6.07) is 3.51. The van der Waals surface area contributed by atoms with E-state index in [-0.39, 0.29) is 87.4 Å². The van der Waals surface area contributed by atoms with E-state index in [0.29, 0.717) is 41.3 Å². The monoisotopic (exact) mass is 1950 g/mol. The Hall–Kier alpha value is -12.9. The number of aliphatic hydroxyl groups is 2. The quantitative estimate of drug-likeness (QED) is 0.0318. The second-order valence-corrected chi connectivity index (χ2v) is 37.9. The van der Waals surface area contributed by atoms with Gasteiger partial charge >= 0.3 is 11.9 Å². The maximum atomic E-state index is 15.4. The van der Waals surface area contributed by atoms with Crippen molar-refractivity contribution in [2.75, 3.05) is 38.7 Å². The van der Waals surface area contributed by atoms with Gasteiger partial charge in [0.1, 0.15) is 90.6 Å². The molecule has 2 fully saturated rings. The number of aromatic amines is 1. The number of primary amides is 1. The highest BCUT2D eigenvalue weighted by molar-refractivity contribution is 8.00. The Balaban J connectivity index is 1.34. The maximum Gasteiger partial charge on any atom is 0.335 e. The van der Waals surface area contributed by atoms with E-state index in [2.05, 4.69) is 74.1 Å². The number of para-hydroxylation sites is 1. The fourth-order valence-electron chi connectivity index (χ4n) is 16.3. The van der Waals surface area contributed by atoms with Gasteiger partial charge in [-0.25, -0.2) is 4.79 Å². The average Bonchev–Trinajstić information content (AvgIpc) is 1.78. The number of amides is 16. The number of H-pyrrole nitrogens is 1. The van der Waals surface area contributed by atoms with Gasteiger partial charge < -0.3 is 122 Å². The molecule has 1 aliphatic heterocycles. The topological polar surface area (TPSA) is 645 Å². The Kier molecular flexibility index (Phi) is 44.7. The standard InChI is InChI=1S/C97H139N19O22S/c1-13-14-29-75-92(132)108-69(44-59-32-36-62(37-33-59)97(137)138)86(126)107-73(47-77(120)121)87(127)106-72(46-63-48-101-65-28-22-21-27-64(63)65)90(130)111-78(52(4)5)93(133)109-71(45-58-30-34-61(35-31-58)60-25-19-16-20-26-60)89(129)114-81(56(10)118)96(136)115(11)54(8)83(123)104-68(42-51(2)3)85(125)103-67(39-41-99)84(124)105-70(43-57-23-17-15-18-24-57)88(128)112-79(53(6)7)94(134)113-80(55(9)117)95(135)110-74(49-139-50-76(119)116(75)12)91(131)102-66(38-40-98)82(100)122/h16,19-22,25-28,30-37,48,51-57,66-75,78-81,101,117-118H,13-15,17-18,23-24,29,38-47,49-50,98-99H2,1-12H3,(H2,100,122)(H,102,131)(H,103,125)(H,104,123)(H,105,124)(H,106,127)(H,107,126)(H,108,132)(H,109,133)(H,110,135)(H,111,130)(H,112,128)(H,113,134)(H,114,129)(H,120,121)(H,137,138)/t54-,55?,56?,66-,67-,68+,69-,70-,71-,72-,73-,74-,75-,78-,79-,80-,81-/m0/s1. The predicted molar refractivity (Wildman–Crippen MR) is 518 cm³/mol. The highest BCUT2D eigenvalue weighted by Crippen LogP contribution is 2.29. The lowest BCUT2D eigenvalue weighted by molar-refractivity contribution is -0.144. The summed E-state index contributed by atoms with van der Waals surface area (Å²) in [4.78, 5) is 267. The van der Waals surface area contributed by atoms with Crippen molar-refractivity contribution in [1.82, 2.24) is 83.9 Å². The summed E-state index contributed by atoms with van der Waals surface area (Å²) in [5.74, 6) is -22.5. The number of hydrogen-bond acceptors (Lipinski definition) is 23. The van der Waals surface area contributed by atoms with Gasteiger partial charge in [0.25, 0.3) is 0 Å². The van der Waals surface area contributed by atoms with Crippen molar-refractivity contribution in [2.24, 2.45) is 40.9 Å². The molecule has 0 spiro atoms. The molecule has 24 N–H and O–H groups in total. The second-order valence-electron chi connectivity index (χ2n) is 36.8. The number of thioether (sulfide) groups is 1. The number of unbranched alkanes of at least 4 members (excludes halogenated alkanes) is 1. The molecule has 0 bridgehead atoms. The number of aromatic nitrogens is 1. The van der Waals surface area contributed by atoms with E-state index in [0.717, 1.165) is 58.9 Å². The average molecular weight is 1960 g/mol. The Labute approximate surface area is 812 Å². The predicted octanol–water partition coefficient (Wildman–Crippen LogP) is 0.222. The van der Waals surface area contributed by atoms with Crippen LogP contribution >= 0.6 is 11.8 Å². The van der Waals surface area contributed by atoms with Crippen LogP contribution < -0.4 is 86.3 Å². The molecule has 16 amide bonds. The van der Waals surface area contributed by atoms with Crippen LogP contribution in [0.4, 0.5) is 0 Å². The van der Waals surface area contributed by atoms with Crippen LogP contribution in [0.1, 0.15) is 180 Å². The summed E-state index contributed by atoms with van der Waals surface area (Å²) in [5, 5.41) is 77.8. The molecule has 0 radical (unpaired) electrons. The molecule has 1 saturated heterocycles. The zero-order valence-corrected chi connectivity index (χ0v) is 81.6. The lowest BCUT2D eigenvalue weighted by Gasteiger charge is -2.32. The summed E-state index contributed by atoms with van der Waals surface area (Å²) in [6.07, 6.45) is -0.305. The number of aliphatic hydroxyl groups excluding tert-OH is 2. The molecule has 2 heterocycles. The van der Waals surface area contributed by atoms with Crippen LogP contribution in [0, 0.1) is 23.7 Å². The van der Waals surface area contributed by atoms with E-state index in [1.165, 1.54) is 52.2 Å². The zero-order valence-electron chi connectivity index (χ0n) is 80.8. The van der Waals surface area contributed by atoms with Gasteiger partial charge in [0, 0.05) is 56.2 Å². The van der Waals surface area contributed by atoms with Crippen molar-refractivity contribution in [2.45, 2.75) is 275 Å². The Morgan fingerprint density at radius 1 is 0.496 bits per heavy atom. The first-order valence-corrected chi connectivity index (χ1v) is 48.3. The van der Waals surface area contributed by atoms with Crippen LogP contribution in [-0.2, 0) is 101 Å². The number of rotatable bonds is 28. The summed E-state index contributed by atoms with van der Waals surface area (Å²) >= 11 is 0.733. The third kappa shape index (κ3) is 34.3. The Morgan fingerprint density at radius 2 is 0.971 bits per heavy atom. The number of carbonyl (C=O) groups is 18. The number of likely N-dealkylation sites (N-methyl/N-ethyl adjacent to an activating group) is 2. The van der Waals surface area contributed by atoms with Crippen LogP contribution in [0.15, 0.2) is 109 Å². The lowest BCUT2D eigenvalue weighted by atomic mass is 9.84. The van der Waals surface area contributed by atoms with Crippen LogP contribution in [0.5, 0.6) is 0 Å². The molecule has 2 unspecified atom stereocenters. The van der Waals surface area contributed by atoms with E-state index < -0.39 is 245 Å². The van der Waals surface area contributed by atoms with Crippen molar-refractivity contribution in [1.29, 1.82) is 0 Å². The van der Waals surface area contributed by atoms with Crippen molar-refractivity contribution >= 4 is 129 Å². The molecule has 41 nitrogen and oxygen atoms in total. The van der Waals surface area contributed by atoms with E-state index >= 15 is 28.8 Å². The number of benzene rings is 4. The molecular formula is C97H139N19O22S. The van der Waals surface area contributed by atoms with Crippen LogP contribution in [0.2, 0.25) is 0 Å². The van der Waals surface area contributed by atoms with Crippen molar-refractivity contribution in [3.8, 4) is 11.1 Å². The van der Waals surface area contributed by atoms with Gasteiger partial charge in [0.05, 0.1) is 29.9 Å². The minimum absolute atomic E-state index is 0.0374. The normalized spacial score (nSPS) is 24.4. The van der Waals surface area contributed by atoms with Crippen LogP contribution in [0.3, 0.4) is 0 Å². The fraction of sp³-hybridized carbons (Fsp3) is 0.546. The van der Waals surface area contributed by atoms with E-state index in [9.17, 15) is 78.0 Å². The van der Waals surface area contributed by atoms with Gasteiger partial charge in [-0.2, -0.15) is 0 Å². The summed E-state index contributed by atoms with van der Waals surface area (Å²) in [7, 11) is 2.46. The molecule has 760 valence electrons. The number of aliphatic carboxylic acids is 1. The van der Waals surface area contributed by atoms with Gasteiger partial charge in [-0.1, -0.05) is 178 Å². The van der Waals surface area contributed by atoms with E-state index in [1.54, 1.807) is 103 Å². The molecule has 17 atom stereocenters. The summed E-state index contributed by atoms with van der Waals surface area (Å²) in [6.45, 7) is 14.8. The highest BCUT2D eigenvalue weighted by atomic mass is 32.2. The maximum absolute atomic E-state index is 15.4. The largest absolute Gasteiger partial charge is 0.481 e. The first-order chi connectivity index (χ1) is 65.8. The van der Waals surface area contributed by atoms with Gasteiger partial charge in [-0.15, -0.1) is 11.8 Å². The number of fused-ring (bicyclic) bond motifs is 1. The molecular weight excluding hydrogens is 1820 g/mol. The minimum atomic E-state index is -2.10. The van der Waals surface area contributed by atoms with Crippen molar-refractivity contribution in [3.63, 3.8) is 0 Å². The van der Waals surface area contributed by atoms with Gasteiger partial charge in [0.15, 0.2) is 0 Å². The fourth-order valence-corrected chi connectivity index (χ4v) is 17.3.